The van der Waals surface area contributed by atoms with Gasteiger partial charge in [-0.1, -0.05) is 28.2 Å². The van der Waals surface area contributed by atoms with Crippen molar-refractivity contribution in [2.45, 2.75) is 69.3 Å². The summed E-state index contributed by atoms with van der Waals surface area (Å²) in [5.74, 6) is 0. The molecule has 2 heteroatoms. The van der Waals surface area contributed by atoms with Crippen molar-refractivity contribution in [1.29, 1.82) is 0 Å². The van der Waals surface area contributed by atoms with Crippen molar-refractivity contribution in [3.8, 4) is 0 Å². The van der Waals surface area contributed by atoms with Crippen LogP contribution in [0.4, 0.5) is 0 Å². The molecule has 2 fully saturated rings. The Kier molecular flexibility index (Phi) is 4.91. The Balaban J connectivity index is 1.91. The van der Waals surface area contributed by atoms with Crippen molar-refractivity contribution in [3.05, 3.63) is 0 Å². The van der Waals surface area contributed by atoms with Crippen molar-refractivity contribution in [2.24, 2.45) is 0 Å². The summed E-state index contributed by atoms with van der Waals surface area (Å²) in [6.07, 6.45) is 12.4. The molecule has 0 nitrogen and oxygen atoms in total. The zero-order valence-corrected chi connectivity index (χ0v) is 12.2. The van der Waals surface area contributed by atoms with E-state index in [1.165, 1.54) is 32.7 Å². The Bertz CT molecular complexity index is 187. The zero-order chi connectivity index (χ0) is 10.7. The summed E-state index contributed by atoms with van der Waals surface area (Å²) in [6.45, 7) is 4.90. The molecule has 0 N–H and O–H groups in total. The van der Waals surface area contributed by atoms with E-state index in [-0.39, 0.29) is 0 Å². The second kappa shape index (κ2) is 5.97. The quantitative estimate of drug-likeness (QED) is 0.631. The first-order valence-electron chi connectivity index (χ1n) is 6.82. The van der Waals surface area contributed by atoms with Crippen LogP contribution in [0, 0.1) is 0 Å². The molecule has 0 saturated carbocycles. The fourth-order valence-corrected chi connectivity index (χ4v) is 9.62. The normalized spacial score (nSPS) is 40.0. The molecule has 15 heavy (non-hydrogen) atoms. The van der Waals surface area contributed by atoms with Gasteiger partial charge in [-0.3, -0.25) is 0 Å². The molecule has 2 aliphatic rings. The summed E-state index contributed by atoms with van der Waals surface area (Å²) in [5.41, 5.74) is 3.45. The molecule has 0 aliphatic carbocycles. The zero-order valence-electron chi connectivity index (χ0n) is 10.3. The first-order chi connectivity index (χ1) is 7.33. The SMILES string of the molecule is CCCC(C)P1CCC[C@H]1[C@@H]1CCCP1. The van der Waals surface area contributed by atoms with E-state index in [4.69, 9.17) is 0 Å². The van der Waals surface area contributed by atoms with E-state index in [9.17, 15) is 0 Å². The van der Waals surface area contributed by atoms with Crippen LogP contribution < -0.4 is 0 Å². The van der Waals surface area contributed by atoms with E-state index in [2.05, 4.69) is 13.8 Å². The summed E-state index contributed by atoms with van der Waals surface area (Å²) in [4.78, 5) is 0. The summed E-state index contributed by atoms with van der Waals surface area (Å²) in [5, 5.41) is 0. The predicted molar refractivity (Wildman–Crippen MR) is 75.4 cm³/mol. The average Bonchev–Trinajstić information content (AvgIpc) is 2.88. The van der Waals surface area contributed by atoms with E-state index in [1.807, 2.05) is 0 Å². The highest BCUT2D eigenvalue weighted by atomic mass is 31.1. The minimum Gasteiger partial charge on any atom is -0.118 e. The molecule has 2 heterocycles. The minimum absolute atomic E-state index is 0.420. The van der Waals surface area contributed by atoms with E-state index in [0.717, 1.165) is 5.66 Å². The van der Waals surface area contributed by atoms with Crippen LogP contribution in [0.5, 0.6) is 0 Å². The van der Waals surface area contributed by atoms with Crippen LogP contribution >= 0.6 is 16.5 Å². The molecule has 3 unspecified atom stereocenters. The monoisotopic (exact) mass is 244 g/mol. The van der Waals surface area contributed by atoms with Crippen LogP contribution in [-0.4, -0.2) is 29.3 Å². The van der Waals surface area contributed by atoms with Gasteiger partial charge in [-0.05, 0) is 61.4 Å². The van der Waals surface area contributed by atoms with Gasteiger partial charge in [-0.15, -0.1) is 8.58 Å². The van der Waals surface area contributed by atoms with Gasteiger partial charge >= 0.3 is 0 Å². The van der Waals surface area contributed by atoms with Crippen molar-refractivity contribution < 1.29 is 0 Å². The molecule has 5 atom stereocenters. The maximum absolute atomic E-state index is 2.55. The lowest BCUT2D eigenvalue weighted by atomic mass is 10.1. The van der Waals surface area contributed by atoms with Crippen LogP contribution in [-0.2, 0) is 0 Å². The molecule has 2 rings (SSSR count). The van der Waals surface area contributed by atoms with E-state index < -0.39 is 0 Å². The summed E-state index contributed by atoms with van der Waals surface area (Å²) in [6, 6.07) is 0. The van der Waals surface area contributed by atoms with Crippen LogP contribution in [0.25, 0.3) is 0 Å². The van der Waals surface area contributed by atoms with Gasteiger partial charge in [0, 0.05) is 0 Å². The smallest absolute Gasteiger partial charge is 0.0141 e. The molecule has 0 amide bonds. The second-order valence-corrected chi connectivity index (χ2v) is 9.96. The largest absolute Gasteiger partial charge is 0.118 e. The van der Waals surface area contributed by atoms with Gasteiger partial charge in [0.15, 0.2) is 0 Å². The van der Waals surface area contributed by atoms with Crippen LogP contribution in [0.15, 0.2) is 0 Å². The number of rotatable bonds is 4. The lowest BCUT2D eigenvalue weighted by Crippen LogP contribution is -2.19. The first kappa shape index (κ1) is 12.3. The molecule has 0 aromatic rings. The van der Waals surface area contributed by atoms with Crippen molar-refractivity contribution >= 4 is 16.5 Å². The van der Waals surface area contributed by atoms with E-state index in [1.54, 1.807) is 38.0 Å². The van der Waals surface area contributed by atoms with Gasteiger partial charge in [-0.25, -0.2) is 0 Å². The van der Waals surface area contributed by atoms with Crippen LogP contribution in [0.3, 0.4) is 0 Å². The molecule has 0 radical (unpaired) electrons. The lowest BCUT2D eigenvalue weighted by molar-refractivity contribution is 0.689. The summed E-state index contributed by atoms with van der Waals surface area (Å²) in [7, 11) is 1.75. The van der Waals surface area contributed by atoms with E-state index >= 15 is 0 Å². The Hall–Kier alpha value is 0.860. The van der Waals surface area contributed by atoms with Gasteiger partial charge in [-0.2, -0.15) is 0 Å². The highest BCUT2D eigenvalue weighted by Gasteiger charge is 2.36. The standard InChI is InChI=1S/C13H26P2/c1-3-6-11(2)15-10-5-8-13(15)12-7-4-9-14-12/h11-14H,3-10H2,1-2H3/t11?,12-,13-,15?/m0/s1. The topological polar surface area (TPSA) is 0 Å². The third kappa shape index (κ3) is 2.95. The Morgan fingerprint density at radius 1 is 1.33 bits per heavy atom. The van der Waals surface area contributed by atoms with E-state index in [0.29, 0.717) is 7.92 Å². The van der Waals surface area contributed by atoms with Crippen molar-refractivity contribution in [3.63, 3.8) is 0 Å². The summed E-state index contributed by atoms with van der Waals surface area (Å²) >= 11 is 0. The molecule has 2 saturated heterocycles. The molecule has 0 spiro atoms. The molecular formula is C13H26P2. The maximum Gasteiger partial charge on any atom is -0.0141 e. The lowest BCUT2D eigenvalue weighted by Gasteiger charge is -2.30. The molecular weight excluding hydrogens is 218 g/mol. The van der Waals surface area contributed by atoms with Crippen molar-refractivity contribution in [2.75, 3.05) is 12.3 Å². The molecule has 88 valence electrons. The maximum atomic E-state index is 2.55. The predicted octanol–water partition coefficient (Wildman–Crippen LogP) is 4.66. The number of hydrogen-bond donors (Lipinski definition) is 0. The molecule has 0 aromatic heterocycles. The van der Waals surface area contributed by atoms with Gasteiger partial charge in [0.1, 0.15) is 0 Å². The molecule has 0 aromatic carbocycles. The van der Waals surface area contributed by atoms with Crippen LogP contribution in [0.1, 0.15) is 52.4 Å². The molecule has 2 aliphatic heterocycles. The van der Waals surface area contributed by atoms with Gasteiger partial charge in [0.05, 0.1) is 0 Å². The van der Waals surface area contributed by atoms with Crippen molar-refractivity contribution in [1.82, 2.24) is 0 Å². The first-order valence-corrected chi connectivity index (χ1v) is 9.77. The highest BCUT2D eigenvalue weighted by molar-refractivity contribution is 7.60. The van der Waals surface area contributed by atoms with Gasteiger partial charge in [0.25, 0.3) is 0 Å². The number of hydrogen-bond acceptors (Lipinski definition) is 0. The third-order valence-electron chi connectivity index (χ3n) is 4.18. The Labute approximate surface area is 98.5 Å². The Morgan fingerprint density at radius 3 is 2.87 bits per heavy atom. The average molecular weight is 244 g/mol. The van der Waals surface area contributed by atoms with Gasteiger partial charge in [0.2, 0.25) is 0 Å². The summed E-state index contributed by atoms with van der Waals surface area (Å²) < 4.78 is 0. The highest BCUT2D eigenvalue weighted by Crippen LogP contribution is 2.60. The third-order valence-corrected chi connectivity index (χ3v) is 10.0. The minimum atomic E-state index is 0.420. The van der Waals surface area contributed by atoms with Crippen LogP contribution in [0.2, 0.25) is 0 Å². The molecule has 0 bridgehead atoms. The second-order valence-electron chi connectivity index (χ2n) is 5.29. The van der Waals surface area contributed by atoms with Gasteiger partial charge < -0.3 is 0 Å². The Morgan fingerprint density at radius 2 is 2.20 bits per heavy atom. The fraction of sp³-hybridized carbons (Fsp3) is 1.00. The fourth-order valence-electron chi connectivity index (χ4n) is 3.42.